The van der Waals surface area contributed by atoms with E-state index in [0.29, 0.717) is 51.6 Å². The molecule has 0 aliphatic heterocycles. The Morgan fingerprint density at radius 2 is 1.50 bits per heavy atom. The molecular formula is C40H38N8O8. The predicted molar refractivity (Wildman–Crippen MR) is 205 cm³/mol. The van der Waals surface area contributed by atoms with E-state index in [0.717, 1.165) is 19.3 Å². The van der Waals surface area contributed by atoms with Crippen molar-refractivity contribution in [1.29, 1.82) is 0 Å². The molecule has 10 N–H and O–H groups in total. The van der Waals surface area contributed by atoms with Crippen molar-refractivity contribution in [2.75, 3.05) is 13.2 Å². The molecular weight excluding hydrogens is 720 g/mol. The zero-order chi connectivity index (χ0) is 39.8. The summed E-state index contributed by atoms with van der Waals surface area (Å²) < 4.78 is 1.91. The molecule has 16 nitrogen and oxygen atoms in total. The minimum absolute atomic E-state index is 0.0269. The third kappa shape index (κ3) is 6.64. The third-order valence-electron chi connectivity index (χ3n) is 10.3. The van der Waals surface area contributed by atoms with Gasteiger partial charge in [0.15, 0.2) is 0 Å². The van der Waals surface area contributed by atoms with Gasteiger partial charge in [-0.1, -0.05) is 37.5 Å². The van der Waals surface area contributed by atoms with Crippen LogP contribution in [0.5, 0.6) is 0 Å². The number of carbonyl (C=O) groups excluding carboxylic acids is 4. The normalized spacial score (nSPS) is 14.5. The van der Waals surface area contributed by atoms with Crippen LogP contribution in [0.15, 0.2) is 66.9 Å². The number of nitrogens with two attached hydrogens (primary N) is 3. The molecule has 56 heavy (non-hydrogen) atoms. The first kappa shape index (κ1) is 37.5. The number of primary amides is 3. The first-order valence-electron chi connectivity index (χ1n) is 18.0. The van der Waals surface area contributed by atoms with E-state index in [2.05, 4.69) is 15.3 Å². The van der Waals surface area contributed by atoms with Gasteiger partial charge in [-0.3, -0.25) is 24.2 Å². The Hall–Kier alpha value is -6.78. The fraction of sp³-hybridized carbons (Fsp3) is 0.250. The maximum absolute atomic E-state index is 13.5. The quantitative estimate of drug-likeness (QED) is 0.0953. The number of fused-ring (bicyclic) bond motifs is 3. The van der Waals surface area contributed by atoms with E-state index in [4.69, 9.17) is 22.2 Å². The SMILES string of the molecule is NC(=O)c1c(C(=O)O)c(-c2ccc3ncccc3c2)c2nc(-c3ccc4nc(C(=O)NC(CO)C(N)=O)ccc4c3)n(C3CCCCC3)c2c1C(CO)C(N)=O. The number of benzene rings is 3. The molecule has 4 amide bonds. The molecule has 3 heterocycles. The molecule has 6 aromatic rings. The van der Waals surface area contributed by atoms with Crippen LogP contribution < -0.4 is 22.5 Å². The number of carboxylic acid groups (broad SMARTS) is 1. The van der Waals surface area contributed by atoms with Gasteiger partial charge in [-0.25, -0.2) is 14.8 Å². The average Bonchev–Trinajstić information content (AvgIpc) is 3.59. The molecule has 0 saturated heterocycles. The van der Waals surface area contributed by atoms with Crippen LogP contribution in [0.4, 0.5) is 0 Å². The summed E-state index contributed by atoms with van der Waals surface area (Å²) in [6.45, 7) is -1.53. The third-order valence-corrected chi connectivity index (χ3v) is 10.3. The van der Waals surface area contributed by atoms with Crippen LogP contribution in [0, 0.1) is 0 Å². The number of aromatic nitrogens is 4. The number of nitrogens with zero attached hydrogens (tertiary/aromatic N) is 4. The summed E-state index contributed by atoms with van der Waals surface area (Å²) in [7, 11) is 0. The van der Waals surface area contributed by atoms with Gasteiger partial charge >= 0.3 is 5.97 Å². The topological polar surface area (TPSA) is 280 Å². The minimum Gasteiger partial charge on any atom is -0.478 e. The van der Waals surface area contributed by atoms with Gasteiger partial charge in [0.1, 0.15) is 17.6 Å². The summed E-state index contributed by atoms with van der Waals surface area (Å²) in [5, 5.41) is 34.6. The zero-order valence-corrected chi connectivity index (χ0v) is 29.9. The van der Waals surface area contributed by atoms with Crippen LogP contribution in [-0.4, -0.2) is 83.7 Å². The van der Waals surface area contributed by atoms with Crippen LogP contribution >= 0.6 is 0 Å². The monoisotopic (exact) mass is 758 g/mol. The predicted octanol–water partition coefficient (Wildman–Crippen LogP) is 2.91. The molecule has 0 spiro atoms. The lowest BCUT2D eigenvalue weighted by Crippen LogP contribution is -2.46. The fourth-order valence-corrected chi connectivity index (χ4v) is 7.73. The Labute approximate surface area is 318 Å². The number of carbonyl (C=O) groups is 5. The molecule has 1 fully saturated rings. The zero-order valence-electron chi connectivity index (χ0n) is 29.9. The molecule has 0 bridgehead atoms. The van der Waals surface area contributed by atoms with Crippen LogP contribution in [0.1, 0.15) is 80.8 Å². The molecule has 3 aromatic carbocycles. The van der Waals surface area contributed by atoms with Gasteiger partial charge in [-0.05, 0) is 60.9 Å². The number of aliphatic hydroxyl groups is 2. The molecule has 0 radical (unpaired) electrons. The van der Waals surface area contributed by atoms with Crippen molar-refractivity contribution in [3.63, 3.8) is 0 Å². The highest BCUT2D eigenvalue weighted by molar-refractivity contribution is 6.18. The van der Waals surface area contributed by atoms with Gasteiger partial charge in [0.05, 0.1) is 52.3 Å². The first-order valence-corrected chi connectivity index (χ1v) is 18.0. The maximum atomic E-state index is 13.5. The Bertz CT molecular complexity index is 2600. The van der Waals surface area contributed by atoms with Crippen LogP contribution in [-0.2, 0) is 9.59 Å². The second-order valence-electron chi connectivity index (χ2n) is 13.8. The Morgan fingerprint density at radius 1 is 0.804 bits per heavy atom. The van der Waals surface area contributed by atoms with Crippen molar-refractivity contribution < 1.29 is 39.3 Å². The first-order chi connectivity index (χ1) is 26.9. The molecule has 1 saturated carbocycles. The number of hydrogen-bond acceptors (Lipinski definition) is 10. The molecule has 286 valence electrons. The largest absolute Gasteiger partial charge is 0.478 e. The van der Waals surface area contributed by atoms with Crippen LogP contribution in [0.3, 0.4) is 0 Å². The van der Waals surface area contributed by atoms with Crippen LogP contribution in [0.25, 0.3) is 55.4 Å². The van der Waals surface area contributed by atoms with Crippen molar-refractivity contribution in [2.24, 2.45) is 17.2 Å². The Balaban J connectivity index is 1.56. The maximum Gasteiger partial charge on any atom is 0.337 e. The molecule has 1 aliphatic carbocycles. The second kappa shape index (κ2) is 15.2. The number of amides is 4. The van der Waals surface area contributed by atoms with E-state index in [1.165, 1.54) is 6.07 Å². The Kier molecular flexibility index (Phi) is 10.2. The van der Waals surface area contributed by atoms with Crippen molar-refractivity contribution in [3.8, 4) is 22.5 Å². The van der Waals surface area contributed by atoms with Gasteiger partial charge < -0.3 is 42.4 Å². The highest BCUT2D eigenvalue weighted by Crippen LogP contribution is 2.46. The standard InChI is InChI=1S/C40H38N8O8/c41-35(51)24(17-49)30-31(37(43)53)32(40(55)56)29(21-9-11-25-19(15-21)5-4-14-44-25)33-34(30)48(23-6-2-1-3-7-23)38(47-33)22-10-12-26-20(16-22)8-13-27(45-26)39(54)46-28(18-50)36(42)52/h4-5,8-16,23-24,28,49-50H,1-3,6-7,17-18H2,(H2,41,51)(H2,42,52)(H2,43,53)(H,46,54)(H,55,56). The summed E-state index contributed by atoms with van der Waals surface area (Å²) >= 11 is 0. The number of aromatic carboxylic acids is 1. The summed E-state index contributed by atoms with van der Waals surface area (Å²) in [6.07, 6.45) is 5.71. The number of carboxylic acids is 1. The average molecular weight is 759 g/mol. The van der Waals surface area contributed by atoms with Crippen molar-refractivity contribution in [3.05, 3.63) is 89.2 Å². The molecule has 16 heteroatoms. The Morgan fingerprint density at radius 3 is 2.16 bits per heavy atom. The van der Waals surface area contributed by atoms with Gasteiger partial charge in [-0.2, -0.15) is 0 Å². The number of rotatable bonds is 12. The lowest BCUT2D eigenvalue weighted by Gasteiger charge is -2.28. The van der Waals surface area contributed by atoms with Crippen molar-refractivity contribution >= 4 is 62.4 Å². The van der Waals surface area contributed by atoms with Gasteiger partial charge in [0.25, 0.3) is 5.91 Å². The van der Waals surface area contributed by atoms with Crippen molar-refractivity contribution in [1.82, 2.24) is 24.8 Å². The number of nitrogens with one attached hydrogen (secondary N) is 1. The van der Waals surface area contributed by atoms with Crippen molar-refractivity contribution in [2.45, 2.75) is 50.1 Å². The van der Waals surface area contributed by atoms with Gasteiger partial charge in [-0.15, -0.1) is 0 Å². The molecule has 7 rings (SSSR count). The van der Waals surface area contributed by atoms with E-state index >= 15 is 0 Å². The smallest absolute Gasteiger partial charge is 0.337 e. The van der Waals surface area contributed by atoms with E-state index in [9.17, 15) is 39.3 Å². The summed E-state index contributed by atoms with van der Waals surface area (Å²) in [4.78, 5) is 78.4. The van der Waals surface area contributed by atoms with E-state index < -0.39 is 65.9 Å². The fourth-order valence-electron chi connectivity index (χ4n) is 7.73. The highest BCUT2D eigenvalue weighted by atomic mass is 16.4. The summed E-state index contributed by atoms with van der Waals surface area (Å²) in [5.41, 5.74) is 18.5. The van der Waals surface area contributed by atoms with Gasteiger partial charge in [0, 0.05) is 39.7 Å². The molecule has 3 aromatic heterocycles. The second-order valence-corrected chi connectivity index (χ2v) is 13.8. The van der Waals surface area contributed by atoms with E-state index in [-0.39, 0.29) is 33.9 Å². The lowest BCUT2D eigenvalue weighted by atomic mass is 9.83. The van der Waals surface area contributed by atoms with E-state index in [1.54, 1.807) is 54.7 Å². The highest BCUT2D eigenvalue weighted by Gasteiger charge is 2.37. The van der Waals surface area contributed by atoms with E-state index in [1.807, 2.05) is 10.6 Å². The summed E-state index contributed by atoms with van der Waals surface area (Å²) in [5.74, 6) is -6.39. The van der Waals surface area contributed by atoms with Crippen LogP contribution in [0.2, 0.25) is 0 Å². The van der Waals surface area contributed by atoms with Gasteiger partial charge in [0.2, 0.25) is 17.7 Å². The molecule has 1 aliphatic rings. The minimum atomic E-state index is -1.52. The number of imidazole rings is 1. The number of aliphatic hydroxyl groups excluding tert-OH is 2. The lowest BCUT2D eigenvalue weighted by molar-refractivity contribution is -0.121. The number of pyridine rings is 2. The molecule has 2 unspecified atom stereocenters. The number of hydrogen-bond donors (Lipinski definition) is 7. The summed E-state index contributed by atoms with van der Waals surface area (Å²) in [6, 6.07) is 15.4. The molecule has 2 atom stereocenters.